The van der Waals surface area contributed by atoms with Crippen LogP contribution in [-0.2, 0) is 12.8 Å². The Balaban J connectivity index is 1.37. The molecule has 0 atom stereocenters. The summed E-state index contributed by atoms with van der Waals surface area (Å²) in [5.41, 5.74) is 8.52. The van der Waals surface area contributed by atoms with Gasteiger partial charge in [0.15, 0.2) is 0 Å². The molecule has 194 valence electrons. The predicted molar refractivity (Wildman–Crippen MR) is 175 cm³/mol. The van der Waals surface area contributed by atoms with Crippen molar-refractivity contribution in [3.8, 4) is 22.4 Å². The van der Waals surface area contributed by atoms with Gasteiger partial charge in [0.05, 0.1) is 16.7 Å². The quantitative estimate of drug-likeness (QED) is 0.215. The summed E-state index contributed by atoms with van der Waals surface area (Å²) < 4.78 is 0. The molecule has 2 heterocycles. The van der Waals surface area contributed by atoms with Crippen LogP contribution in [0.1, 0.15) is 17.5 Å². The zero-order chi connectivity index (χ0) is 27.3. The maximum Gasteiger partial charge on any atom is 0.0927 e. The van der Waals surface area contributed by atoms with Crippen LogP contribution in [0.5, 0.6) is 0 Å². The molecule has 1 aliphatic carbocycles. The van der Waals surface area contributed by atoms with Gasteiger partial charge in [-0.2, -0.15) is 0 Å². The number of aliphatic imine (C=N–C) groups is 1. The van der Waals surface area contributed by atoms with E-state index in [1.165, 1.54) is 54.6 Å². The van der Waals surface area contributed by atoms with Crippen LogP contribution >= 0.6 is 0 Å². The molecule has 2 aliphatic rings. The summed E-state index contributed by atoms with van der Waals surface area (Å²) in [7, 11) is 0. The Bertz CT molecular complexity index is 2250. The Labute approximate surface area is 239 Å². The molecular weight excluding hydrogens is 496 g/mol. The van der Waals surface area contributed by atoms with Gasteiger partial charge in [0.25, 0.3) is 0 Å². The molecule has 2 nitrogen and oxygen atoms in total. The molecule has 8 rings (SSSR count). The smallest absolute Gasteiger partial charge is 0.0927 e. The van der Waals surface area contributed by atoms with Crippen molar-refractivity contribution in [1.82, 2.24) is 4.98 Å². The summed E-state index contributed by atoms with van der Waals surface area (Å²) in [5.74, 6) is 0. The average molecular weight is 525 g/mol. The molecule has 0 saturated heterocycles. The first-order chi connectivity index (χ1) is 20.3. The number of rotatable bonds is 3. The van der Waals surface area contributed by atoms with Crippen LogP contribution in [-0.4, -0.2) is 11.2 Å². The van der Waals surface area contributed by atoms with Gasteiger partial charge in [-0.05, 0) is 79.6 Å². The highest BCUT2D eigenvalue weighted by atomic mass is 14.8. The first-order valence-corrected chi connectivity index (χ1v) is 14.3. The maximum absolute atomic E-state index is 5.19. The number of aryl methyl sites for hydroxylation is 2. The van der Waals surface area contributed by atoms with Gasteiger partial charge in [0, 0.05) is 23.4 Å². The molecule has 1 aromatic heterocycles. The Hall–Kier alpha value is -5.08. The van der Waals surface area contributed by atoms with Crippen LogP contribution in [0.2, 0.25) is 0 Å². The molecule has 5 aromatic carbocycles. The normalized spacial score (nSPS) is 15.9. The zero-order valence-electron chi connectivity index (χ0n) is 22.8. The summed E-state index contributed by atoms with van der Waals surface area (Å²) in [4.78, 5) is 9.84. The van der Waals surface area contributed by atoms with Crippen LogP contribution in [0.15, 0.2) is 121 Å². The largest absolute Gasteiger partial charge is 0.259 e. The van der Waals surface area contributed by atoms with E-state index in [-0.39, 0.29) is 0 Å². The first kappa shape index (κ1) is 23.8. The number of allylic oxidation sites excluding steroid dienone is 2. The second-order valence-electron chi connectivity index (χ2n) is 10.9. The maximum atomic E-state index is 5.19. The summed E-state index contributed by atoms with van der Waals surface area (Å²) in [6.07, 6.45) is 12.7. The fourth-order valence-electron chi connectivity index (χ4n) is 6.74. The lowest BCUT2D eigenvalue weighted by Crippen LogP contribution is -2.30. The van der Waals surface area contributed by atoms with E-state index in [2.05, 4.69) is 109 Å². The van der Waals surface area contributed by atoms with Crippen molar-refractivity contribution in [2.24, 2.45) is 4.99 Å². The molecule has 0 bridgehead atoms. The Kier molecular flexibility index (Phi) is 5.53. The zero-order valence-corrected chi connectivity index (χ0v) is 22.8. The number of pyridine rings is 1. The number of dihydropyridines is 1. The Morgan fingerprint density at radius 1 is 0.659 bits per heavy atom. The van der Waals surface area contributed by atoms with Gasteiger partial charge in [0.2, 0.25) is 0 Å². The van der Waals surface area contributed by atoms with Gasteiger partial charge in [-0.25, -0.2) is 4.98 Å². The molecule has 2 heteroatoms. The number of hydrogen-bond acceptors (Lipinski definition) is 2. The lowest BCUT2D eigenvalue weighted by molar-refractivity contribution is 0.968. The van der Waals surface area contributed by atoms with Gasteiger partial charge in [-0.3, -0.25) is 4.99 Å². The van der Waals surface area contributed by atoms with Gasteiger partial charge in [-0.1, -0.05) is 110 Å². The third kappa shape index (κ3) is 3.79. The molecule has 1 aliphatic heterocycles. The number of benzene rings is 5. The van der Waals surface area contributed by atoms with Crippen molar-refractivity contribution < 1.29 is 0 Å². The second kappa shape index (κ2) is 9.53. The van der Waals surface area contributed by atoms with Gasteiger partial charge >= 0.3 is 0 Å². The van der Waals surface area contributed by atoms with Crippen molar-refractivity contribution in [1.29, 1.82) is 0 Å². The van der Waals surface area contributed by atoms with Crippen molar-refractivity contribution in [3.63, 3.8) is 0 Å². The summed E-state index contributed by atoms with van der Waals surface area (Å²) in [5, 5.41) is 9.91. The average Bonchev–Trinajstić information content (AvgIpc) is 3.04. The lowest BCUT2D eigenvalue weighted by Gasteiger charge is -2.21. The highest BCUT2D eigenvalue weighted by molar-refractivity contribution is 6.18. The number of nitrogens with zero attached hydrogens (tertiary/aromatic N) is 2. The summed E-state index contributed by atoms with van der Waals surface area (Å²) >= 11 is 0. The summed E-state index contributed by atoms with van der Waals surface area (Å²) in [6.45, 7) is 3.91. The first-order valence-electron chi connectivity index (χ1n) is 14.3. The Morgan fingerprint density at radius 2 is 1.44 bits per heavy atom. The van der Waals surface area contributed by atoms with Crippen molar-refractivity contribution in [2.45, 2.75) is 19.3 Å². The molecule has 0 spiro atoms. The Morgan fingerprint density at radius 3 is 2.27 bits per heavy atom. The minimum absolute atomic E-state index is 0.768. The molecular formula is C39H28N2. The van der Waals surface area contributed by atoms with E-state index in [4.69, 9.17) is 4.98 Å². The number of hydrogen-bond donors (Lipinski definition) is 0. The van der Waals surface area contributed by atoms with E-state index in [9.17, 15) is 0 Å². The summed E-state index contributed by atoms with van der Waals surface area (Å²) in [6, 6.07) is 33.6. The van der Waals surface area contributed by atoms with Crippen LogP contribution in [0.4, 0.5) is 0 Å². The van der Waals surface area contributed by atoms with Gasteiger partial charge in [-0.15, -0.1) is 0 Å². The minimum Gasteiger partial charge on any atom is -0.259 e. The fraction of sp³-hybridized carbons (Fsp3) is 0.0769. The third-order valence-corrected chi connectivity index (χ3v) is 8.61. The molecule has 0 N–H and O–H groups in total. The van der Waals surface area contributed by atoms with Crippen molar-refractivity contribution >= 4 is 50.3 Å². The molecule has 0 fully saturated rings. The molecule has 0 unspecified atom stereocenters. The number of fused-ring (bicyclic) bond motifs is 1. The molecule has 0 saturated carbocycles. The molecule has 0 radical (unpaired) electrons. The number of aromatic nitrogens is 1. The topological polar surface area (TPSA) is 25.2 Å². The van der Waals surface area contributed by atoms with E-state index in [1.807, 2.05) is 24.4 Å². The van der Waals surface area contributed by atoms with Crippen LogP contribution in [0.3, 0.4) is 0 Å². The second-order valence-corrected chi connectivity index (χ2v) is 10.9. The highest BCUT2D eigenvalue weighted by Crippen LogP contribution is 2.42. The fourth-order valence-corrected chi connectivity index (χ4v) is 6.74. The molecule has 6 aromatic rings. The van der Waals surface area contributed by atoms with E-state index >= 15 is 0 Å². The van der Waals surface area contributed by atoms with E-state index in [0.717, 1.165) is 46.8 Å². The van der Waals surface area contributed by atoms with Crippen LogP contribution < -0.4 is 10.6 Å². The monoisotopic (exact) mass is 524 g/mol. The minimum atomic E-state index is 0.768. The van der Waals surface area contributed by atoms with Crippen LogP contribution in [0.25, 0.3) is 66.5 Å². The predicted octanol–water partition coefficient (Wildman–Crippen LogP) is 8.08. The van der Waals surface area contributed by atoms with Gasteiger partial charge in [0.1, 0.15) is 0 Å². The lowest BCUT2D eigenvalue weighted by atomic mass is 9.83. The standard InChI is InChI=1S/C39H28N2/c1-2-8-28-18-23-35(41-39(28)36-13-5-6-24-40-36)33-22-21-31(29-11-3-4-12-30(29)33)32-19-16-27-15-14-25-9-7-10-26-17-20-34(32)38(27)37(25)26/h2-12,16-24H,1,13-15H2/b28-8-,39-36-. The highest BCUT2D eigenvalue weighted by Gasteiger charge is 2.19. The molecule has 41 heavy (non-hydrogen) atoms. The SMILES string of the molecule is C=C/C=c1/ccc(-c2ccc(-c3ccc4c5c3ccc3cccc(c35)CC4)c3ccccc23)n/c1=C1/CC=CC=N1. The van der Waals surface area contributed by atoms with E-state index in [1.54, 1.807) is 0 Å². The van der Waals surface area contributed by atoms with Crippen molar-refractivity contribution in [3.05, 3.63) is 137 Å². The van der Waals surface area contributed by atoms with E-state index in [0.29, 0.717) is 0 Å². The van der Waals surface area contributed by atoms with Crippen molar-refractivity contribution in [2.75, 3.05) is 0 Å². The third-order valence-electron chi connectivity index (χ3n) is 8.61. The molecule has 0 amide bonds. The van der Waals surface area contributed by atoms with Gasteiger partial charge < -0.3 is 0 Å². The van der Waals surface area contributed by atoms with Crippen LogP contribution in [0, 0.1) is 0 Å². The van der Waals surface area contributed by atoms with E-state index < -0.39 is 0 Å².